The molecule has 0 aliphatic rings. The molecule has 0 saturated carbocycles. The number of rotatable bonds is 5. The van der Waals surface area contributed by atoms with Crippen LogP contribution in [-0.2, 0) is 11.2 Å². The van der Waals surface area contributed by atoms with E-state index >= 15 is 0 Å². The highest BCUT2D eigenvalue weighted by Crippen LogP contribution is 2.08. The largest absolute Gasteiger partial charge is 0.480 e. The molecule has 22 heavy (non-hydrogen) atoms. The van der Waals surface area contributed by atoms with E-state index in [1.165, 1.54) is 12.1 Å². The molecule has 2 aromatic carbocycles. The van der Waals surface area contributed by atoms with E-state index < -0.39 is 23.7 Å². The predicted molar refractivity (Wildman–Crippen MR) is 80.2 cm³/mol. The van der Waals surface area contributed by atoms with Crippen LogP contribution in [0.2, 0.25) is 0 Å². The molecule has 0 spiro atoms. The summed E-state index contributed by atoms with van der Waals surface area (Å²) < 4.78 is 12.8. The van der Waals surface area contributed by atoms with E-state index in [1.807, 2.05) is 31.2 Å². The van der Waals surface area contributed by atoms with Crippen LogP contribution in [0.4, 0.5) is 4.39 Å². The molecular formula is C17H16FNO3. The Morgan fingerprint density at radius 2 is 1.68 bits per heavy atom. The number of aryl methyl sites for hydroxylation is 1. The Labute approximate surface area is 127 Å². The maximum absolute atomic E-state index is 12.8. The number of carboxylic acid groups (broad SMARTS) is 1. The van der Waals surface area contributed by atoms with Crippen molar-refractivity contribution in [2.45, 2.75) is 19.4 Å². The molecule has 1 amide bonds. The fraction of sp³-hybridized carbons (Fsp3) is 0.176. The lowest BCUT2D eigenvalue weighted by Crippen LogP contribution is -2.42. The van der Waals surface area contributed by atoms with Gasteiger partial charge in [0, 0.05) is 12.0 Å². The van der Waals surface area contributed by atoms with Crippen molar-refractivity contribution in [3.63, 3.8) is 0 Å². The summed E-state index contributed by atoms with van der Waals surface area (Å²) in [5.41, 5.74) is 2.11. The van der Waals surface area contributed by atoms with Crippen molar-refractivity contribution in [3.05, 3.63) is 71.0 Å². The number of carbonyl (C=O) groups excluding carboxylic acids is 1. The number of benzene rings is 2. The third-order valence-electron chi connectivity index (χ3n) is 3.27. The Kier molecular flexibility index (Phi) is 4.88. The van der Waals surface area contributed by atoms with Gasteiger partial charge < -0.3 is 10.4 Å². The summed E-state index contributed by atoms with van der Waals surface area (Å²) >= 11 is 0. The first-order valence-electron chi connectivity index (χ1n) is 6.80. The van der Waals surface area contributed by atoms with Crippen LogP contribution in [0.3, 0.4) is 0 Å². The third-order valence-corrected chi connectivity index (χ3v) is 3.27. The molecule has 2 N–H and O–H groups in total. The number of amides is 1. The van der Waals surface area contributed by atoms with Crippen molar-refractivity contribution in [1.82, 2.24) is 5.32 Å². The average molecular weight is 301 g/mol. The topological polar surface area (TPSA) is 66.4 Å². The Morgan fingerprint density at radius 1 is 1.09 bits per heavy atom. The van der Waals surface area contributed by atoms with Gasteiger partial charge in [-0.2, -0.15) is 0 Å². The molecule has 0 aliphatic carbocycles. The highest BCUT2D eigenvalue weighted by molar-refractivity contribution is 5.96. The Morgan fingerprint density at radius 3 is 2.23 bits per heavy atom. The van der Waals surface area contributed by atoms with Crippen LogP contribution in [0.15, 0.2) is 48.5 Å². The normalized spacial score (nSPS) is 11.7. The van der Waals surface area contributed by atoms with Gasteiger partial charge in [-0.15, -0.1) is 0 Å². The fourth-order valence-electron chi connectivity index (χ4n) is 2.00. The molecule has 0 unspecified atom stereocenters. The Bertz CT molecular complexity index is 665. The lowest BCUT2D eigenvalue weighted by atomic mass is 10.0. The lowest BCUT2D eigenvalue weighted by molar-refractivity contribution is -0.139. The molecule has 2 aromatic rings. The lowest BCUT2D eigenvalue weighted by Gasteiger charge is -2.15. The zero-order valence-electron chi connectivity index (χ0n) is 12.0. The number of hydrogen-bond donors (Lipinski definition) is 2. The van der Waals surface area contributed by atoms with Crippen LogP contribution in [0.25, 0.3) is 0 Å². The number of nitrogens with one attached hydrogen (secondary N) is 1. The summed E-state index contributed by atoms with van der Waals surface area (Å²) in [7, 11) is 0. The van der Waals surface area contributed by atoms with Gasteiger partial charge in [-0.05, 0) is 36.8 Å². The molecule has 4 nitrogen and oxygen atoms in total. The zero-order chi connectivity index (χ0) is 16.1. The predicted octanol–water partition coefficient (Wildman–Crippen LogP) is 2.56. The number of hydrogen-bond acceptors (Lipinski definition) is 2. The van der Waals surface area contributed by atoms with Crippen molar-refractivity contribution in [3.8, 4) is 0 Å². The molecule has 0 saturated heterocycles. The molecule has 0 fully saturated rings. The van der Waals surface area contributed by atoms with Gasteiger partial charge in [-0.3, -0.25) is 4.79 Å². The molecule has 0 bridgehead atoms. The molecule has 114 valence electrons. The molecule has 2 rings (SSSR count). The van der Waals surface area contributed by atoms with Gasteiger partial charge in [0.1, 0.15) is 11.9 Å². The first-order valence-corrected chi connectivity index (χ1v) is 6.80. The smallest absolute Gasteiger partial charge is 0.326 e. The monoisotopic (exact) mass is 301 g/mol. The second-order valence-corrected chi connectivity index (χ2v) is 5.06. The average Bonchev–Trinajstić information content (AvgIpc) is 2.49. The number of carboxylic acids is 1. The van der Waals surface area contributed by atoms with Crippen LogP contribution < -0.4 is 5.32 Å². The minimum absolute atomic E-state index is 0.183. The maximum atomic E-state index is 12.8. The second kappa shape index (κ2) is 6.85. The minimum Gasteiger partial charge on any atom is -0.480 e. The molecular weight excluding hydrogens is 285 g/mol. The Balaban J connectivity index is 2.08. The fourth-order valence-corrected chi connectivity index (χ4v) is 2.00. The van der Waals surface area contributed by atoms with Crippen LogP contribution in [0.5, 0.6) is 0 Å². The van der Waals surface area contributed by atoms with E-state index in [0.717, 1.165) is 23.3 Å². The summed E-state index contributed by atoms with van der Waals surface area (Å²) in [6.07, 6.45) is 0.183. The molecule has 0 heterocycles. The Hall–Kier alpha value is -2.69. The van der Waals surface area contributed by atoms with E-state index in [9.17, 15) is 19.1 Å². The van der Waals surface area contributed by atoms with Crippen molar-refractivity contribution >= 4 is 11.9 Å². The van der Waals surface area contributed by atoms with Gasteiger partial charge in [-0.25, -0.2) is 9.18 Å². The molecule has 5 heteroatoms. The van der Waals surface area contributed by atoms with Crippen molar-refractivity contribution in [2.75, 3.05) is 0 Å². The standard InChI is InChI=1S/C17H16FNO3/c1-11-2-4-12(5-3-11)10-15(17(21)22)19-16(20)13-6-8-14(18)9-7-13/h2-9,15H,10H2,1H3,(H,19,20)(H,21,22)/t15-/m0/s1. The molecule has 0 radical (unpaired) electrons. The van der Waals surface area contributed by atoms with Gasteiger partial charge in [0.25, 0.3) is 5.91 Å². The van der Waals surface area contributed by atoms with Crippen LogP contribution in [0.1, 0.15) is 21.5 Å². The van der Waals surface area contributed by atoms with Crippen molar-refractivity contribution < 1.29 is 19.1 Å². The van der Waals surface area contributed by atoms with Gasteiger partial charge in [0.05, 0.1) is 0 Å². The summed E-state index contributed by atoms with van der Waals surface area (Å²) in [5, 5.41) is 11.7. The molecule has 0 aliphatic heterocycles. The van der Waals surface area contributed by atoms with Gasteiger partial charge in [0.15, 0.2) is 0 Å². The molecule has 1 atom stereocenters. The number of halogens is 1. The third kappa shape index (κ3) is 4.15. The van der Waals surface area contributed by atoms with Gasteiger partial charge in [0.2, 0.25) is 0 Å². The summed E-state index contributed by atoms with van der Waals surface area (Å²) in [5.74, 6) is -2.11. The quantitative estimate of drug-likeness (QED) is 0.892. The van der Waals surface area contributed by atoms with Crippen LogP contribution in [-0.4, -0.2) is 23.0 Å². The zero-order valence-corrected chi connectivity index (χ0v) is 12.0. The minimum atomic E-state index is -1.11. The van der Waals surface area contributed by atoms with E-state index in [4.69, 9.17) is 0 Å². The summed E-state index contributed by atoms with van der Waals surface area (Å²) in [6.45, 7) is 1.94. The highest BCUT2D eigenvalue weighted by Gasteiger charge is 2.21. The van der Waals surface area contributed by atoms with Crippen LogP contribution in [0, 0.1) is 12.7 Å². The number of aliphatic carboxylic acids is 1. The summed E-state index contributed by atoms with van der Waals surface area (Å²) in [6, 6.07) is 11.3. The second-order valence-electron chi connectivity index (χ2n) is 5.06. The van der Waals surface area contributed by atoms with E-state index in [2.05, 4.69) is 5.32 Å². The maximum Gasteiger partial charge on any atom is 0.326 e. The van der Waals surface area contributed by atoms with Crippen LogP contribution >= 0.6 is 0 Å². The highest BCUT2D eigenvalue weighted by atomic mass is 19.1. The first kappa shape index (κ1) is 15.7. The van der Waals surface area contributed by atoms with E-state index in [0.29, 0.717) is 0 Å². The number of carbonyl (C=O) groups is 2. The summed E-state index contributed by atoms with van der Waals surface area (Å²) in [4.78, 5) is 23.3. The van der Waals surface area contributed by atoms with Crippen molar-refractivity contribution in [1.29, 1.82) is 0 Å². The SMILES string of the molecule is Cc1ccc(C[C@H](NC(=O)c2ccc(F)cc2)C(=O)O)cc1. The van der Waals surface area contributed by atoms with Gasteiger partial charge in [-0.1, -0.05) is 29.8 Å². The molecule has 0 aromatic heterocycles. The van der Waals surface area contributed by atoms with Crippen molar-refractivity contribution in [2.24, 2.45) is 0 Å². The van der Waals surface area contributed by atoms with Gasteiger partial charge >= 0.3 is 5.97 Å². The van der Waals surface area contributed by atoms with E-state index in [1.54, 1.807) is 0 Å². The van der Waals surface area contributed by atoms with E-state index in [-0.39, 0.29) is 12.0 Å². The first-order chi connectivity index (χ1) is 10.5.